The highest BCUT2D eigenvalue weighted by molar-refractivity contribution is 6.30. The van der Waals surface area contributed by atoms with E-state index < -0.39 is 5.82 Å². The topological polar surface area (TPSA) is 55.1 Å². The van der Waals surface area contributed by atoms with Gasteiger partial charge in [-0.15, -0.1) is 0 Å². The predicted octanol–water partition coefficient (Wildman–Crippen LogP) is 3.82. The fourth-order valence-corrected chi connectivity index (χ4v) is 3.30. The predicted molar refractivity (Wildman–Crippen MR) is 83.7 cm³/mol. The van der Waals surface area contributed by atoms with Gasteiger partial charge in [0.25, 0.3) is 0 Å². The normalized spacial score (nSPS) is 28.2. The Morgan fingerprint density at radius 2 is 2.10 bits per heavy atom. The molecule has 0 bridgehead atoms. The lowest BCUT2D eigenvalue weighted by Crippen LogP contribution is -2.50. The quantitative estimate of drug-likeness (QED) is 0.872. The summed E-state index contributed by atoms with van der Waals surface area (Å²) < 4.78 is 13.7. The van der Waals surface area contributed by atoms with Gasteiger partial charge in [0, 0.05) is 17.0 Å². The standard InChI is InChI=1S/C16H22ClFN2O/c1-9-13(19)7-5-11(16(9,2)3)15(21)20-14-8-10(17)4-6-12(14)18/h4,6,8-9,11,13H,5,7,19H2,1-3H3,(H,20,21). The summed E-state index contributed by atoms with van der Waals surface area (Å²) in [5.41, 5.74) is 6.01. The lowest BCUT2D eigenvalue weighted by molar-refractivity contribution is -0.127. The minimum atomic E-state index is -0.480. The molecule has 1 aromatic rings. The number of carbonyl (C=O) groups is 1. The van der Waals surface area contributed by atoms with E-state index in [4.69, 9.17) is 17.3 Å². The van der Waals surface area contributed by atoms with Crippen molar-refractivity contribution in [1.82, 2.24) is 0 Å². The van der Waals surface area contributed by atoms with Crippen molar-refractivity contribution < 1.29 is 9.18 Å². The molecule has 1 aliphatic carbocycles. The maximum atomic E-state index is 13.7. The monoisotopic (exact) mass is 312 g/mol. The zero-order valence-electron chi connectivity index (χ0n) is 12.6. The van der Waals surface area contributed by atoms with Crippen molar-refractivity contribution in [3.63, 3.8) is 0 Å². The Labute approximate surface area is 130 Å². The molecule has 1 saturated carbocycles. The second kappa shape index (κ2) is 5.93. The Morgan fingerprint density at radius 1 is 1.43 bits per heavy atom. The Kier molecular flexibility index (Phi) is 4.59. The van der Waals surface area contributed by atoms with Crippen molar-refractivity contribution in [2.45, 2.75) is 39.7 Å². The van der Waals surface area contributed by atoms with E-state index in [0.717, 1.165) is 6.42 Å². The van der Waals surface area contributed by atoms with Gasteiger partial charge in [0.05, 0.1) is 5.69 Å². The van der Waals surface area contributed by atoms with Crippen LogP contribution in [0.5, 0.6) is 0 Å². The smallest absolute Gasteiger partial charge is 0.228 e. The van der Waals surface area contributed by atoms with Crippen LogP contribution in [0.3, 0.4) is 0 Å². The molecule has 2 rings (SSSR count). The molecule has 1 fully saturated rings. The van der Waals surface area contributed by atoms with Crippen LogP contribution >= 0.6 is 11.6 Å². The van der Waals surface area contributed by atoms with Crippen LogP contribution in [-0.4, -0.2) is 11.9 Å². The molecular weight excluding hydrogens is 291 g/mol. The molecule has 3 unspecified atom stereocenters. The first kappa shape index (κ1) is 16.2. The zero-order chi connectivity index (χ0) is 15.8. The number of anilines is 1. The average Bonchev–Trinajstić information content (AvgIpc) is 2.40. The summed E-state index contributed by atoms with van der Waals surface area (Å²) in [6, 6.07) is 4.24. The van der Waals surface area contributed by atoms with E-state index in [2.05, 4.69) is 26.1 Å². The molecule has 3 atom stereocenters. The highest BCUT2D eigenvalue weighted by Gasteiger charge is 2.45. The Bertz CT molecular complexity index is 547. The summed E-state index contributed by atoms with van der Waals surface area (Å²) in [6.07, 6.45) is 1.52. The number of nitrogens with two attached hydrogens (primary N) is 1. The number of amides is 1. The molecule has 0 saturated heterocycles. The van der Waals surface area contributed by atoms with E-state index in [9.17, 15) is 9.18 Å². The highest BCUT2D eigenvalue weighted by atomic mass is 35.5. The summed E-state index contributed by atoms with van der Waals surface area (Å²) in [7, 11) is 0. The van der Waals surface area contributed by atoms with Gasteiger partial charge in [0.1, 0.15) is 5.82 Å². The maximum absolute atomic E-state index is 13.7. The molecule has 3 nitrogen and oxygen atoms in total. The third kappa shape index (κ3) is 3.22. The van der Waals surface area contributed by atoms with Gasteiger partial charge in [-0.05, 0) is 42.4 Å². The molecule has 0 aromatic heterocycles. The SMILES string of the molecule is CC1C(N)CCC(C(=O)Nc2cc(Cl)ccc2F)C1(C)C. The van der Waals surface area contributed by atoms with Gasteiger partial charge in [-0.3, -0.25) is 4.79 Å². The first-order chi connectivity index (χ1) is 9.73. The third-order valence-corrected chi connectivity index (χ3v) is 5.24. The zero-order valence-corrected chi connectivity index (χ0v) is 13.4. The molecule has 1 aromatic carbocycles. The van der Waals surface area contributed by atoms with Crippen LogP contribution in [0.1, 0.15) is 33.6 Å². The number of hydrogen-bond acceptors (Lipinski definition) is 2. The van der Waals surface area contributed by atoms with Gasteiger partial charge in [0.15, 0.2) is 0 Å². The largest absolute Gasteiger partial charge is 0.327 e. The molecule has 116 valence electrons. The van der Waals surface area contributed by atoms with Crippen molar-refractivity contribution in [3.05, 3.63) is 29.0 Å². The van der Waals surface area contributed by atoms with Crippen LogP contribution in [0.15, 0.2) is 18.2 Å². The van der Waals surface area contributed by atoms with Crippen molar-refractivity contribution >= 4 is 23.2 Å². The van der Waals surface area contributed by atoms with Crippen LogP contribution in [0.25, 0.3) is 0 Å². The molecule has 0 spiro atoms. The summed E-state index contributed by atoms with van der Waals surface area (Å²) in [4.78, 5) is 12.5. The third-order valence-electron chi connectivity index (χ3n) is 5.01. The number of carbonyl (C=O) groups excluding carboxylic acids is 1. The minimum absolute atomic E-state index is 0.104. The fraction of sp³-hybridized carbons (Fsp3) is 0.562. The van der Waals surface area contributed by atoms with E-state index in [-0.39, 0.29) is 34.9 Å². The summed E-state index contributed by atoms with van der Waals surface area (Å²) in [5, 5.41) is 3.07. The molecule has 1 aliphatic rings. The van der Waals surface area contributed by atoms with E-state index in [1.165, 1.54) is 18.2 Å². The number of nitrogens with one attached hydrogen (secondary N) is 1. The van der Waals surface area contributed by atoms with Gasteiger partial charge in [0.2, 0.25) is 5.91 Å². The Hall–Kier alpha value is -1.13. The molecule has 3 N–H and O–H groups in total. The number of benzene rings is 1. The lowest BCUT2D eigenvalue weighted by atomic mass is 9.61. The van der Waals surface area contributed by atoms with Gasteiger partial charge in [-0.2, -0.15) is 0 Å². The number of halogens is 2. The van der Waals surface area contributed by atoms with Gasteiger partial charge in [-0.1, -0.05) is 32.4 Å². The summed E-state index contributed by atoms with van der Waals surface area (Å²) in [6.45, 7) is 6.18. The number of hydrogen-bond donors (Lipinski definition) is 2. The Balaban J connectivity index is 2.18. The maximum Gasteiger partial charge on any atom is 0.228 e. The molecule has 0 heterocycles. The first-order valence-electron chi connectivity index (χ1n) is 7.25. The van der Waals surface area contributed by atoms with Crippen molar-refractivity contribution in [2.75, 3.05) is 5.32 Å². The van der Waals surface area contributed by atoms with Crippen molar-refractivity contribution in [2.24, 2.45) is 23.0 Å². The Morgan fingerprint density at radius 3 is 2.76 bits per heavy atom. The fourth-order valence-electron chi connectivity index (χ4n) is 3.13. The van der Waals surface area contributed by atoms with Crippen molar-refractivity contribution in [1.29, 1.82) is 0 Å². The molecule has 1 amide bonds. The van der Waals surface area contributed by atoms with Crippen LogP contribution in [0, 0.1) is 23.1 Å². The molecular formula is C16H22ClFN2O. The summed E-state index contributed by atoms with van der Waals surface area (Å²) >= 11 is 5.85. The van der Waals surface area contributed by atoms with E-state index in [0.29, 0.717) is 11.4 Å². The van der Waals surface area contributed by atoms with Gasteiger partial charge < -0.3 is 11.1 Å². The minimum Gasteiger partial charge on any atom is -0.327 e. The van der Waals surface area contributed by atoms with Crippen LogP contribution in [0.4, 0.5) is 10.1 Å². The second-order valence-corrected chi connectivity index (χ2v) is 6.95. The van der Waals surface area contributed by atoms with Gasteiger partial charge in [-0.25, -0.2) is 4.39 Å². The van der Waals surface area contributed by atoms with E-state index in [1.807, 2.05) is 0 Å². The molecule has 0 aliphatic heterocycles. The van der Waals surface area contributed by atoms with E-state index in [1.54, 1.807) is 0 Å². The number of rotatable bonds is 2. The van der Waals surface area contributed by atoms with Gasteiger partial charge >= 0.3 is 0 Å². The second-order valence-electron chi connectivity index (χ2n) is 6.52. The average molecular weight is 313 g/mol. The molecule has 0 radical (unpaired) electrons. The molecule has 5 heteroatoms. The van der Waals surface area contributed by atoms with E-state index >= 15 is 0 Å². The summed E-state index contributed by atoms with van der Waals surface area (Å²) in [5.74, 6) is -0.608. The van der Waals surface area contributed by atoms with Crippen LogP contribution in [-0.2, 0) is 4.79 Å². The van der Waals surface area contributed by atoms with Crippen LogP contribution in [0.2, 0.25) is 5.02 Å². The van der Waals surface area contributed by atoms with Crippen molar-refractivity contribution in [3.8, 4) is 0 Å². The van der Waals surface area contributed by atoms with Crippen LogP contribution < -0.4 is 11.1 Å². The highest BCUT2D eigenvalue weighted by Crippen LogP contribution is 2.44. The first-order valence-corrected chi connectivity index (χ1v) is 7.62. The lowest BCUT2D eigenvalue weighted by Gasteiger charge is -2.46. The molecule has 21 heavy (non-hydrogen) atoms.